The molecule has 1 heterocycles. The van der Waals surface area contributed by atoms with Gasteiger partial charge in [0.15, 0.2) is 0 Å². The van der Waals surface area contributed by atoms with Gasteiger partial charge in [0.05, 0.1) is 5.75 Å². The van der Waals surface area contributed by atoms with Crippen LogP contribution in [0.15, 0.2) is 103 Å². The summed E-state index contributed by atoms with van der Waals surface area (Å²) < 4.78 is 0. The van der Waals surface area contributed by atoms with Crippen molar-refractivity contribution in [1.82, 2.24) is 0 Å². The second-order valence-corrected chi connectivity index (χ2v) is 9.50. The second kappa shape index (κ2) is 10.2. The highest BCUT2D eigenvalue weighted by Crippen LogP contribution is 2.43. The van der Waals surface area contributed by atoms with E-state index < -0.39 is 0 Å². The highest BCUT2D eigenvalue weighted by atomic mass is 32.2. The number of para-hydroxylation sites is 1. The van der Waals surface area contributed by atoms with E-state index >= 15 is 0 Å². The predicted octanol–water partition coefficient (Wildman–Crippen LogP) is 6.95. The molecule has 1 atom stereocenters. The summed E-state index contributed by atoms with van der Waals surface area (Å²) in [7, 11) is 0. The number of carbonyl (C=O) groups is 2. The largest absolute Gasteiger partial charge is 0.322 e. The molecule has 2 amide bonds. The lowest BCUT2D eigenvalue weighted by Crippen LogP contribution is -2.28. The van der Waals surface area contributed by atoms with Crippen LogP contribution in [0.3, 0.4) is 0 Å². The first-order valence-corrected chi connectivity index (χ1v) is 12.8. The molecule has 4 aromatic rings. The van der Waals surface area contributed by atoms with Crippen molar-refractivity contribution in [2.75, 3.05) is 16.0 Å². The maximum Gasteiger partial charge on any atom is 0.255 e. The minimum Gasteiger partial charge on any atom is -0.322 e. The van der Waals surface area contributed by atoms with Gasteiger partial charge >= 0.3 is 0 Å². The Labute approximate surface area is 210 Å². The number of benzene rings is 4. The first-order valence-electron chi connectivity index (χ1n) is 11.7. The van der Waals surface area contributed by atoms with E-state index in [4.69, 9.17) is 0 Å². The van der Waals surface area contributed by atoms with Crippen LogP contribution in [-0.4, -0.2) is 17.6 Å². The van der Waals surface area contributed by atoms with E-state index in [1.807, 2.05) is 89.8 Å². The fraction of sp³-hybridized carbons (Fsp3) is 0.133. The summed E-state index contributed by atoms with van der Waals surface area (Å²) in [4.78, 5) is 27.5. The lowest BCUT2D eigenvalue weighted by Gasteiger charge is -2.26. The molecule has 35 heavy (non-hydrogen) atoms. The minimum absolute atomic E-state index is 0.0783. The van der Waals surface area contributed by atoms with Crippen LogP contribution in [0.2, 0.25) is 0 Å². The van der Waals surface area contributed by atoms with Gasteiger partial charge in [-0.2, -0.15) is 0 Å². The van der Waals surface area contributed by atoms with Gasteiger partial charge < -0.3 is 5.32 Å². The maximum absolute atomic E-state index is 12.8. The summed E-state index contributed by atoms with van der Waals surface area (Å²) in [6, 6.07) is 33.6. The third kappa shape index (κ3) is 4.86. The molecule has 0 bridgehead atoms. The number of nitrogens with zero attached hydrogens (tertiary/aromatic N) is 1. The van der Waals surface area contributed by atoms with Crippen LogP contribution in [0.5, 0.6) is 0 Å². The Kier molecular flexibility index (Phi) is 6.68. The van der Waals surface area contributed by atoms with Gasteiger partial charge in [-0.15, -0.1) is 11.8 Å². The standard InChI is InChI=1S/C30H26N2O2S/c1-2-21-8-6-7-11-27(21)32-28(33)20-35-30(32)25-16-18-26(19-17-25)31-29(34)24-14-12-23(13-15-24)22-9-4-3-5-10-22/h3-19,30H,2,20H2,1H3,(H,31,34). The molecule has 5 rings (SSSR count). The van der Waals surface area contributed by atoms with Crippen LogP contribution in [0.25, 0.3) is 11.1 Å². The number of hydrogen-bond donors (Lipinski definition) is 1. The number of hydrogen-bond acceptors (Lipinski definition) is 3. The molecular weight excluding hydrogens is 452 g/mol. The van der Waals surface area contributed by atoms with E-state index in [9.17, 15) is 9.59 Å². The molecule has 1 aliphatic rings. The van der Waals surface area contributed by atoms with E-state index in [0.29, 0.717) is 11.3 Å². The normalized spacial score (nSPS) is 15.3. The van der Waals surface area contributed by atoms with Gasteiger partial charge in [-0.25, -0.2) is 0 Å². The molecular formula is C30H26N2O2S. The number of nitrogens with one attached hydrogen (secondary N) is 1. The Hall–Kier alpha value is -3.83. The summed E-state index contributed by atoms with van der Waals surface area (Å²) in [5.41, 5.74) is 6.70. The van der Waals surface area contributed by atoms with Crippen LogP contribution >= 0.6 is 11.8 Å². The van der Waals surface area contributed by atoms with Crippen LogP contribution in [-0.2, 0) is 11.2 Å². The van der Waals surface area contributed by atoms with Gasteiger partial charge in [0.2, 0.25) is 5.91 Å². The predicted molar refractivity (Wildman–Crippen MR) is 145 cm³/mol. The lowest BCUT2D eigenvalue weighted by molar-refractivity contribution is -0.115. The number of thioether (sulfide) groups is 1. The Bertz CT molecular complexity index is 1340. The van der Waals surface area contributed by atoms with E-state index in [1.165, 1.54) is 0 Å². The molecule has 0 radical (unpaired) electrons. The van der Waals surface area contributed by atoms with E-state index in [2.05, 4.69) is 30.4 Å². The molecule has 0 saturated carbocycles. The first-order chi connectivity index (χ1) is 17.1. The van der Waals surface area contributed by atoms with E-state index in [0.717, 1.165) is 40.0 Å². The zero-order valence-corrected chi connectivity index (χ0v) is 20.3. The second-order valence-electron chi connectivity index (χ2n) is 8.43. The molecule has 0 spiro atoms. The highest BCUT2D eigenvalue weighted by molar-refractivity contribution is 8.00. The zero-order chi connectivity index (χ0) is 24.2. The van der Waals surface area contributed by atoms with Crippen molar-refractivity contribution in [1.29, 1.82) is 0 Å². The molecule has 1 fully saturated rings. The topological polar surface area (TPSA) is 49.4 Å². The monoisotopic (exact) mass is 478 g/mol. The van der Waals surface area contributed by atoms with Gasteiger partial charge in [-0.3, -0.25) is 14.5 Å². The fourth-order valence-electron chi connectivity index (χ4n) is 4.35. The van der Waals surface area contributed by atoms with Crippen molar-refractivity contribution in [2.24, 2.45) is 0 Å². The Morgan fingerprint density at radius 1 is 0.857 bits per heavy atom. The van der Waals surface area contributed by atoms with Gasteiger partial charge in [-0.05, 0) is 59.0 Å². The van der Waals surface area contributed by atoms with Crippen molar-refractivity contribution in [3.63, 3.8) is 0 Å². The third-order valence-corrected chi connectivity index (χ3v) is 7.42. The highest BCUT2D eigenvalue weighted by Gasteiger charge is 2.34. The van der Waals surface area contributed by atoms with Crippen LogP contribution in [0.4, 0.5) is 11.4 Å². The first kappa shape index (κ1) is 22.9. The van der Waals surface area contributed by atoms with E-state index in [-0.39, 0.29) is 17.2 Å². The molecule has 4 nitrogen and oxygen atoms in total. The smallest absolute Gasteiger partial charge is 0.255 e. The number of rotatable bonds is 6. The summed E-state index contributed by atoms with van der Waals surface area (Å²) in [6.07, 6.45) is 0.870. The average Bonchev–Trinajstić information content (AvgIpc) is 3.30. The van der Waals surface area contributed by atoms with Crippen molar-refractivity contribution in [3.8, 4) is 11.1 Å². The SMILES string of the molecule is CCc1ccccc1N1C(=O)CSC1c1ccc(NC(=O)c2ccc(-c3ccccc3)cc2)cc1. The maximum atomic E-state index is 12.8. The molecule has 1 unspecified atom stereocenters. The van der Waals surface area contributed by atoms with Crippen molar-refractivity contribution in [3.05, 3.63) is 120 Å². The Morgan fingerprint density at radius 3 is 2.23 bits per heavy atom. The van der Waals surface area contributed by atoms with Gasteiger partial charge in [-0.1, -0.05) is 79.7 Å². The molecule has 0 aromatic heterocycles. The molecule has 174 valence electrons. The summed E-state index contributed by atoms with van der Waals surface area (Å²) in [5.74, 6) is 0.429. The molecule has 1 aliphatic heterocycles. The number of carbonyl (C=O) groups excluding carboxylic acids is 2. The molecule has 4 aromatic carbocycles. The van der Waals surface area contributed by atoms with E-state index in [1.54, 1.807) is 11.8 Å². The molecule has 1 N–H and O–H groups in total. The summed E-state index contributed by atoms with van der Waals surface area (Å²) in [6.45, 7) is 2.11. The van der Waals surface area contributed by atoms with Crippen molar-refractivity contribution >= 4 is 35.0 Å². The number of aryl methyl sites for hydroxylation is 1. The number of amides is 2. The number of anilines is 2. The summed E-state index contributed by atoms with van der Waals surface area (Å²) in [5, 5.41) is 2.90. The summed E-state index contributed by atoms with van der Waals surface area (Å²) >= 11 is 1.63. The molecule has 0 aliphatic carbocycles. The van der Waals surface area contributed by atoms with Gasteiger partial charge in [0.25, 0.3) is 5.91 Å². The minimum atomic E-state index is -0.152. The fourth-order valence-corrected chi connectivity index (χ4v) is 5.52. The van der Waals surface area contributed by atoms with Gasteiger partial charge in [0, 0.05) is 16.9 Å². The quantitative estimate of drug-likeness (QED) is 0.326. The van der Waals surface area contributed by atoms with Crippen LogP contribution < -0.4 is 10.2 Å². The Balaban J connectivity index is 1.30. The molecule has 5 heteroatoms. The van der Waals surface area contributed by atoms with Crippen LogP contribution in [0.1, 0.15) is 33.8 Å². The van der Waals surface area contributed by atoms with Gasteiger partial charge in [0.1, 0.15) is 5.37 Å². The average molecular weight is 479 g/mol. The molecule has 1 saturated heterocycles. The van der Waals surface area contributed by atoms with Crippen LogP contribution in [0, 0.1) is 0 Å². The van der Waals surface area contributed by atoms with Crippen molar-refractivity contribution in [2.45, 2.75) is 18.7 Å². The lowest BCUT2D eigenvalue weighted by atomic mass is 10.0. The zero-order valence-electron chi connectivity index (χ0n) is 19.5. The Morgan fingerprint density at radius 2 is 1.51 bits per heavy atom. The van der Waals surface area contributed by atoms with Crippen molar-refractivity contribution < 1.29 is 9.59 Å². The third-order valence-electron chi connectivity index (χ3n) is 6.21.